The van der Waals surface area contributed by atoms with E-state index in [4.69, 9.17) is 4.98 Å². The summed E-state index contributed by atoms with van der Waals surface area (Å²) in [5, 5.41) is 2.61. The first-order chi connectivity index (χ1) is 9.76. The summed E-state index contributed by atoms with van der Waals surface area (Å²) >= 11 is 0. The fraction of sp³-hybridized carbons (Fsp3) is 0.389. The van der Waals surface area contributed by atoms with Crippen molar-refractivity contribution in [2.45, 2.75) is 46.5 Å². The summed E-state index contributed by atoms with van der Waals surface area (Å²) < 4.78 is 0. The Kier molecular flexibility index (Phi) is 3.47. The Morgan fingerprint density at radius 2 is 1.80 bits per heavy atom. The lowest BCUT2D eigenvalue weighted by Gasteiger charge is -2.11. The number of H-pyrrole nitrogens is 1. The maximum absolute atomic E-state index is 4.91. The number of para-hydroxylation sites is 1. The first-order valence-electron chi connectivity index (χ1n) is 7.65. The molecular formula is C18H22N2. The van der Waals surface area contributed by atoms with Gasteiger partial charge in [0.2, 0.25) is 0 Å². The Morgan fingerprint density at radius 3 is 2.55 bits per heavy atom. The van der Waals surface area contributed by atoms with Gasteiger partial charge in [-0.25, -0.2) is 0 Å². The van der Waals surface area contributed by atoms with Crippen molar-refractivity contribution in [3.8, 4) is 0 Å². The topological polar surface area (TPSA) is 28.7 Å². The molecule has 104 valence electrons. The van der Waals surface area contributed by atoms with E-state index in [-0.39, 0.29) is 0 Å². The highest BCUT2D eigenvalue weighted by molar-refractivity contribution is 6.09. The van der Waals surface area contributed by atoms with Crippen molar-refractivity contribution in [1.29, 1.82) is 0 Å². The molecule has 1 aromatic carbocycles. The van der Waals surface area contributed by atoms with Gasteiger partial charge in [-0.15, -0.1) is 0 Å². The van der Waals surface area contributed by atoms with Crippen LogP contribution in [0.3, 0.4) is 0 Å². The average Bonchev–Trinajstić information content (AvgIpc) is 2.83. The van der Waals surface area contributed by atoms with Crippen molar-refractivity contribution in [3.63, 3.8) is 0 Å². The molecule has 0 saturated heterocycles. The highest BCUT2D eigenvalue weighted by Gasteiger charge is 2.15. The van der Waals surface area contributed by atoms with E-state index < -0.39 is 0 Å². The van der Waals surface area contributed by atoms with Crippen LogP contribution in [0.1, 0.15) is 43.6 Å². The molecule has 3 rings (SSSR count). The van der Waals surface area contributed by atoms with Crippen LogP contribution in [0.5, 0.6) is 0 Å². The number of hydrogen-bond acceptors (Lipinski definition) is 1. The molecule has 20 heavy (non-hydrogen) atoms. The molecular weight excluding hydrogens is 244 g/mol. The van der Waals surface area contributed by atoms with E-state index in [1.54, 1.807) is 0 Å². The molecule has 0 unspecified atom stereocenters. The lowest BCUT2D eigenvalue weighted by atomic mass is 10.0. The number of hydrogen-bond donors (Lipinski definition) is 1. The Hall–Kier alpha value is -1.83. The van der Waals surface area contributed by atoms with Gasteiger partial charge in [-0.05, 0) is 31.4 Å². The lowest BCUT2D eigenvalue weighted by Crippen LogP contribution is -2.01. The predicted molar refractivity (Wildman–Crippen MR) is 86.3 cm³/mol. The van der Waals surface area contributed by atoms with Crippen molar-refractivity contribution < 1.29 is 0 Å². The van der Waals surface area contributed by atoms with Crippen LogP contribution in [0.15, 0.2) is 24.3 Å². The fourth-order valence-electron chi connectivity index (χ4n) is 3.18. The third-order valence-electron chi connectivity index (χ3n) is 4.01. The zero-order valence-electron chi connectivity index (χ0n) is 12.6. The van der Waals surface area contributed by atoms with E-state index in [1.165, 1.54) is 33.1 Å². The lowest BCUT2D eigenvalue weighted by molar-refractivity contribution is 0.830. The molecule has 2 heterocycles. The molecule has 0 amide bonds. The molecule has 1 N–H and O–H groups in total. The second kappa shape index (κ2) is 5.28. The van der Waals surface area contributed by atoms with Gasteiger partial charge < -0.3 is 4.98 Å². The van der Waals surface area contributed by atoms with Crippen LogP contribution in [0, 0.1) is 6.92 Å². The third kappa shape index (κ3) is 2.00. The maximum atomic E-state index is 4.91. The third-order valence-corrected chi connectivity index (χ3v) is 4.01. The van der Waals surface area contributed by atoms with E-state index in [0.29, 0.717) is 0 Å². The first kappa shape index (κ1) is 13.2. The van der Waals surface area contributed by atoms with Gasteiger partial charge in [-0.3, -0.25) is 4.98 Å². The number of pyridine rings is 1. The first-order valence-corrected chi connectivity index (χ1v) is 7.65. The van der Waals surface area contributed by atoms with Gasteiger partial charge in [-0.1, -0.05) is 44.9 Å². The van der Waals surface area contributed by atoms with Crippen molar-refractivity contribution in [3.05, 3.63) is 41.2 Å². The SMILES string of the molecule is CCCc1nc(C)c2c([nH]c3ccccc32)c1CCC. The Morgan fingerprint density at radius 1 is 1.05 bits per heavy atom. The summed E-state index contributed by atoms with van der Waals surface area (Å²) in [6, 6.07) is 8.55. The Bertz CT molecular complexity index is 753. The summed E-state index contributed by atoms with van der Waals surface area (Å²) in [4.78, 5) is 8.54. The number of rotatable bonds is 4. The van der Waals surface area contributed by atoms with Crippen LogP contribution in [0.2, 0.25) is 0 Å². The molecule has 0 aliphatic heterocycles. The highest BCUT2D eigenvalue weighted by atomic mass is 14.8. The second-order valence-corrected chi connectivity index (χ2v) is 5.54. The maximum Gasteiger partial charge on any atom is 0.0534 e. The Labute approximate surface area is 120 Å². The van der Waals surface area contributed by atoms with Crippen LogP contribution < -0.4 is 0 Å². The number of aryl methyl sites for hydroxylation is 3. The summed E-state index contributed by atoms with van der Waals surface area (Å²) in [5.41, 5.74) is 6.39. The molecule has 0 atom stereocenters. The summed E-state index contributed by atoms with van der Waals surface area (Å²) in [5.74, 6) is 0. The second-order valence-electron chi connectivity index (χ2n) is 5.54. The fourth-order valence-corrected chi connectivity index (χ4v) is 3.18. The normalized spacial score (nSPS) is 11.6. The summed E-state index contributed by atoms with van der Waals surface area (Å²) in [6.45, 7) is 6.60. The number of aromatic nitrogens is 2. The van der Waals surface area contributed by atoms with Crippen molar-refractivity contribution >= 4 is 21.8 Å². The largest absolute Gasteiger partial charge is 0.354 e. The van der Waals surface area contributed by atoms with Gasteiger partial charge in [0.05, 0.1) is 5.52 Å². The number of fused-ring (bicyclic) bond motifs is 3. The summed E-state index contributed by atoms with van der Waals surface area (Å²) in [6.07, 6.45) is 4.48. The highest BCUT2D eigenvalue weighted by Crippen LogP contribution is 2.31. The minimum atomic E-state index is 1.07. The molecule has 3 aromatic rings. The van der Waals surface area contributed by atoms with Crippen LogP contribution in [0.25, 0.3) is 21.8 Å². The Balaban J connectivity index is 2.39. The average molecular weight is 266 g/mol. The molecule has 2 nitrogen and oxygen atoms in total. The van der Waals surface area contributed by atoms with Crippen molar-refractivity contribution in [1.82, 2.24) is 9.97 Å². The van der Waals surface area contributed by atoms with Crippen LogP contribution in [0.4, 0.5) is 0 Å². The van der Waals surface area contributed by atoms with Gasteiger partial charge in [-0.2, -0.15) is 0 Å². The molecule has 0 aliphatic rings. The van der Waals surface area contributed by atoms with Crippen molar-refractivity contribution in [2.75, 3.05) is 0 Å². The molecule has 0 bridgehead atoms. The zero-order chi connectivity index (χ0) is 14.1. The van der Waals surface area contributed by atoms with Crippen LogP contribution in [-0.4, -0.2) is 9.97 Å². The number of nitrogens with one attached hydrogen (secondary N) is 1. The minimum Gasteiger partial charge on any atom is -0.354 e. The molecule has 0 radical (unpaired) electrons. The molecule has 0 aliphatic carbocycles. The van der Waals surface area contributed by atoms with E-state index >= 15 is 0 Å². The quantitative estimate of drug-likeness (QED) is 0.712. The van der Waals surface area contributed by atoms with Gasteiger partial charge in [0.25, 0.3) is 0 Å². The number of aromatic amines is 1. The monoisotopic (exact) mass is 266 g/mol. The standard InChI is InChI=1S/C18H22N2/c1-4-8-14-15(9-5-2)19-12(3)17-13-10-6-7-11-16(13)20-18(14)17/h6-7,10-11,20H,4-5,8-9H2,1-3H3. The van der Waals surface area contributed by atoms with Crippen LogP contribution >= 0.6 is 0 Å². The van der Waals surface area contributed by atoms with Gasteiger partial charge in [0.15, 0.2) is 0 Å². The van der Waals surface area contributed by atoms with Gasteiger partial charge in [0.1, 0.15) is 0 Å². The van der Waals surface area contributed by atoms with Crippen molar-refractivity contribution in [2.24, 2.45) is 0 Å². The van der Waals surface area contributed by atoms with Crippen LogP contribution in [-0.2, 0) is 12.8 Å². The molecule has 0 saturated carbocycles. The van der Waals surface area contributed by atoms with Gasteiger partial charge >= 0.3 is 0 Å². The van der Waals surface area contributed by atoms with E-state index in [9.17, 15) is 0 Å². The van der Waals surface area contributed by atoms with E-state index in [0.717, 1.165) is 31.4 Å². The minimum absolute atomic E-state index is 1.07. The van der Waals surface area contributed by atoms with E-state index in [1.807, 2.05) is 0 Å². The summed E-state index contributed by atoms with van der Waals surface area (Å²) in [7, 11) is 0. The number of nitrogens with zero attached hydrogens (tertiary/aromatic N) is 1. The van der Waals surface area contributed by atoms with E-state index in [2.05, 4.69) is 50.0 Å². The molecule has 0 spiro atoms. The smallest absolute Gasteiger partial charge is 0.0534 e. The molecule has 2 heteroatoms. The molecule has 0 fully saturated rings. The molecule has 2 aromatic heterocycles. The zero-order valence-corrected chi connectivity index (χ0v) is 12.6. The number of benzene rings is 1. The van der Waals surface area contributed by atoms with Gasteiger partial charge in [0, 0.05) is 27.7 Å². The predicted octanol–water partition coefficient (Wildman–Crippen LogP) is 4.93.